The molecular formula is C18H25NO4S2. The number of benzene rings is 1. The Morgan fingerprint density at radius 3 is 2.36 bits per heavy atom. The Hall–Kier alpha value is -1.18. The Labute approximate surface area is 157 Å². The average Bonchev–Trinajstić information content (AvgIpc) is 3.07. The largest absolute Gasteiger partial charge is 0.480 e. The van der Waals surface area contributed by atoms with Gasteiger partial charge >= 0.3 is 5.97 Å². The molecule has 1 heterocycles. The number of carboxylic acids is 1. The van der Waals surface area contributed by atoms with Gasteiger partial charge in [-0.15, -0.1) is 23.5 Å². The van der Waals surface area contributed by atoms with Crippen LogP contribution in [0, 0.1) is 0 Å². The number of thioether (sulfide) groups is 2. The van der Waals surface area contributed by atoms with Crippen LogP contribution < -0.4 is 5.32 Å². The Balaban J connectivity index is 1.92. The first-order valence-corrected chi connectivity index (χ1v) is 10.4. The lowest BCUT2D eigenvalue weighted by Gasteiger charge is -2.21. The summed E-state index contributed by atoms with van der Waals surface area (Å²) < 4.78 is 5.98. The number of rotatable bonds is 7. The van der Waals surface area contributed by atoms with Crippen molar-refractivity contribution in [3.05, 3.63) is 35.4 Å². The Morgan fingerprint density at radius 1 is 1.24 bits per heavy atom. The molecule has 2 rings (SSSR count). The van der Waals surface area contributed by atoms with Crippen LogP contribution in [0.3, 0.4) is 0 Å². The van der Waals surface area contributed by atoms with Gasteiger partial charge in [-0.25, -0.2) is 4.79 Å². The maximum Gasteiger partial charge on any atom is 0.326 e. The van der Waals surface area contributed by atoms with Crippen molar-refractivity contribution in [1.29, 1.82) is 0 Å². The molecular weight excluding hydrogens is 358 g/mol. The maximum absolute atomic E-state index is 12.3. The predicted molar refractivity (Wildman–Crippen MR) is 103 cm³/mol. The summed E-state index contributed by atoms with van der Waals surface area (Å²) in [6.07, 6.45) is 0.228. The van der Waals surface area contributed by atoms with Gasteiger partial charge in [0.2, 0.25) is 0 Å². The van der Waals surface area contributed by atoms with E-state index in [1.807, 2.05) is 56.4 Å². The standard InChI is InChI=1S/C18H25NO4S2/c1-18(2,3)23-9-8-14(16(21)22)19-15(20)12-4-6-13(7-5-12)17-24-10-11-25-17/h4-7,14,17H,8-11H2,1-3H3,(H,19,20)(H,21,22). The van der Waals surface area contributed by atoms with Crippen molar-refractivity contribution < 1.29 is 19.4 Å². The summed E-state index contributed by atoms with van der Waals surface area (Å²) in [7, 11) is 0. The van der Waals surface area contributed by atoms with E-state index in [-0.39, 0.29) is 24.5 Å². The highest BCUT2D eigenvalue weighted by Crippen LogP contribution is 2.45. The van der Waals surface area contributed by atoms with Crippen molar-refractivity contribution in [3.8, 4) is 0 Å². The van der Waals surface area contributed by atoms with Gasteiger partial charge < -0.3 is 15.2 Å². The molecule has 0 saturated carbocycles. The maximum atomic E-state index is 12.3. The molecule has 5 nitrogen and oxygen atoms in total. The van der Waals surface area contributed by atoms with Gasteiger partial charge in [-0.2, -0.15) is 0 Å². The molecule has 2 N–H and O–H groups in total. The SMILES string of the molecule is CC(C)(C)OCCC(NC(=O)c1ccc(C2SCCS2)cc1)C(=O)O. The summed E-state index contributed by atoms with van der Waals surface area (Å²) >= 11 is 3.81. The summed E-state index contributed by atoms with van der Waals surface area (Å²) in [4.78, 5) is 23.7. The first kappa shape index (κ1) is 20.1. The van der Waals surface area contributed by atoms with E-state index in [1.165, 1.54) is 5.56 Å². The van der Waals surface area contributed by atoms with Crippen LogP contribution >= 0.6 is 23.5 Å². The molecule has 0 spiro atoms. The molecule has 1 fully saturated rings. The zero-order valence-corrected chi connectivity index (χ0v) is 16.4. The average molecular weight is 384 g/mol. The van der Waals surface area contributed by atoms with E-state index < -0.39 is 12.0 Å². The highest BCUT2D eigenvalue weighted by atomic mass is 32.2. The molecule has 1 aromatic rings. The van der Waals surface area contributed by atoms with Gasteiger partial charge in [-0.3, -0.25) is 4.79 Å². The molecule has 25 heavy (non-hydrogen) atoms. The van der Waals surface area contributed by atoms with E-state index in [9.17, 15) is 14.7 Å². The summed E-state index contributed by atoms with van der Waals surface area (Å²) in [6.45, 7) is 5.99. The molecule has 138 valence electrons. The molecule has 1 aliphatic rings. The molecule has 0 radical (unpaired) electrons. The van der Waals surface area contributed by atoms with Crippen LogP contribution in [-0.4, -0.2) is 46.7 Å². The van der Waals surface area contributed by atoms with E-state index >= 15 is 0 Å². The zero-order chi connectivity index (χ0) is 18.4. The summed E-state index contributed by atoms with van der Waals surface area (Å²) in [5.41, 5.74) is 1.33. The van der Waals surface area contributed by atoms with Crippen LogP contribution in [0.2, 0.25) is 0 Å². The molecule has 1 aromatic carbocycles. The highest BCUT2D eigenvalue weighted by molar-refractivity contribution is 8.19. The van der Waals surface area contributed by atoms with Gasteiger partial charge in [-0.1, -0.05) is 12.1 Å². The molecule has 0 aliphatic carbocycles. The molecule has 0 aromatic heterocycles. The Morgan fingerprint density at radius 2 is 1.84 bits per heavy atom. The number of amides is 1. The number of carboxylic acid groups (broad SMARTS) is 1. The quantitative estimate of drug-likeness (QED) is 0.750. The first-order chi connectivity index (χ1) is 11.8. The second-order valence-electron chi connectivity index (χ2n) is 6.81. The van der Waals surface area contributed by atoms with Crippen LogP contribution in [0.1, 0.15) is 47.7 Å². The predicted octanol–water partition coefficient (Wildman–Crippen LogP) is 3.55. The molecule has 1 unspecified atom stereocenters. The number of nitrogens with one attached hydrogen (secondary N) is 1. The fraction of sp³-hybridized carbons (Fsp3) is 0.556. The topological polar surface area (TPSA) is 75.6 Å². The van der Waals surface area contributed by atoms with Crippen molar-refractivity contribution in [1.82, 2.24) is 5.32 Å². The molecule has 1 aliphatic heterocycles. The van der Waals surface area contributed by atoms with Crippen molar-refractivity contribution in [2.75, 3.05) is 18.1 Å². The normalized spacial score (nSPS) is 16.6. The monoisotopic (exact) mass is 383 g/mol. The zero-order valence-electron chi connectivity index (χ0n) is 14.8. The number of aliphatic carboxylic acids is 1. The van der Waals surface area contributed by atoms with E-state index in [0.29, 0.717) is 10.1 Å². The number of hydrogen-bond donors (Lipinski definition) is 2. The summed E-state index contributed by atoms with van der Waals surface area (Å²) in [6, 6.07) is 6.45. The van der Waals surface area contributed by atoms with Gasteiger partial charge in [0.25, 0.3) is 5.91 Å². The van der Waals surface area contributed by atoms with E-state index in [2.05, 4.69) is 5.32 Å². The lowest BCUT2D eigenvalue weighted by Crippen LogP contribution is -2.42. The molecule has 7 heteroatoms. The minimum atomic E-state index is -1.05. The number of carbonyl (C=O) groups excluding carboxylic acids is 1. The third-order valence-electron chi connectivity index (χ3n) is 3.61. The molecule has 1 atom stereocenters. The van der Waals surface area contributed by atoms with Crippen LogP contribution in [0.15, 0.2) is 24.3 Å². The number of ether oxygens (including phenoxy) is 1. The van der Waals surface area contributed by atoms with E-state index in [1.54, 1.807) is 12.1 Å². The molecule has 0 bridgehead atoms. The van der Waals surface area contributed by atoms with Crippen LogP contribution in [0.5, 0.6) is 0 Å². The fourth-order valence-corrected chi connectivity index (χ4v) is 5.18. The number of hydrogen-bond acceptors (Lipinski definition) is 5. The first-order valence-electron chi connectivity index (χ1n) is 8.27. The minimum absolute atomic E-state index is 0.228. The number of carbonyl (C=O) groups is 2. The van der Waals surface area contributed by atoms with Gasteiger partial charge in [0.1, 0.15) is 6.04 Å². The molecule has 1 saturated heterocycles. The van der Waals surface area contributed by atoms with Crippen LogP contribution in [-0.2, 0) is 9.53 Å². The lowest BCUT2D eigenvalue weighted by atomic mass is 10.1. The Kier molecular flexibility index (Phi) is 7.22. The van der Waals surface area contributed by atoms with Crippen LogP contribution in [0.25, 0.3) is 0 Å². The van der Waals surface area contributed by atoms with Crippen molar-refractivity contribution in [2.45, 2.75) is 43.4 Å². The lowest BCUT2D eigenvalue weighted by molar-refractivity contribution is -0.140. The second-order valence-corrected chi connectivity index (χ2v) is 9.53. The van der Waals surface area contributed by atoms with Gasteiger partial charge in [-0.05, 0) is 38.5 Å². The van der Waals surface area contributed by atoms with Gasteiger partial charge in [0.15, 0.2) is 0 Å². The third-order valence-corrected chi connectivity index (χ3v) is 6.72. The highest BCUT2D eigenvalue weighted by Gasteiger charge is 2.23. The molecule has 1 amide bonds. The van der Waals surface area contributed by atoms with Gasteiger partial charge in [0, 0.05) is 30.1 Å². The smallest absolute Gasteiger partial charge is 0.326 e. The van der Waals surface area contributed by atoms with Crippen molar-refractivity contribution in [3.63, 3.8) is 0 Å². The minimum Gasteiger partial charge on any atom is -0.480 e. The van der Waals surface area contributed by atoms with Crippen molar-refractivity contribution in [2.24, 2.45) is 0 Å². The Bertz CT molecular complexity index is 592. The van der Waals surface area contributed by atoms with Crippen molar-refractivity contribution >= 4 is 35.4 Å². The third kappa shape index (κ3) is 6.56. The second kappa shape index (κ2) is 8.96. The van der Waals surface area contributed by atoms with Crippen LogP contribution in [0.4, 0.5) is 0 Å². The van der Waals surface area contributed by atoms with E-state index in [0.717, 1.165) is 11.5 Å². The fourth-order valence-electron chi connectivity index (χ4n) is 2.32. The van der Waals surface area contributed by atoms with E-state index in [4.69, 9.17) is 4.74 Å². The summed E-state index contributed by atoms with van der Waals surface area (Å²) in [5.74, 6) is 0.867. The summed E-state index contributed by atoms with van der Waals surface area (Å²) in [5, 5.41) is 11.9. The van der Waals surface area contributed by atoms with Gasteiger partial charge in [0.05, 0.1) is 10.2 Å².